The Morgan fingerprint density at radius 2 is 1.72 bits per heavy atom. The van der Waals surface area contributed by atoms with Gasteiger partial charge >= 0.3 is 5.69 Å². The molecule has 4 rings (SSSR count). The minimum atomic E-state index is -0.409. The Balaban J connectivity index is 1.73. The Labute approximate surface area is 171 Å². The molecule has 7 nitrogen and oxygen atoms in total. The number of hydrogen-bond donors (Lipinski definition) is 0. The van der Waals surface area contributed by atoms with E-state index in [4.69, 9.17) is 4.74 Å². The summed E-state index contributed by atoms with van der Waals surface area (Å²) in [5, 5.41) is 11.7. The molecular formula is C21H16N4O3S. The van der Waals surface area contributed by atoms with Crippen molar-refractivity contribution in [3.63, 3.8) is 0 Å². The van der Waals surface area contributed by atoms with Gasteiger partial charge in [0, 0.05) is 18.8 Å². The van der Waals surface area contributed by atoms with E-state index in [1.165, 1.54) is 6.20 Å². The standard InChI is InChI=1S/C21H16N4O3S/c1-24-13-17(25(26)27)19(14-24)29-21-22-12-18(28-16-10-6-3-7-11-16)20(23-21)15-8-4-2-5-9-15/h2-14H,1H3. The number of nitro groups is 1. The molecule has 0 saturated carbocycles. The lowest BCUT2D eigenvalue weighted by Crippen LogP contribution is -1.96. The molecule has 0 N–H and O–H groups in total. The van der Waals surface area contributed by atoms with E-state index in [0.29, 0.717) is 27.2 Å². The summed E-state index contributed by atoms with van der Waals surface area (Å²) in [5.41, 5.74) is 1.50. The Morgan fingerprint density at radius 3 is 2.41 bits per heavy atom. The van der Waals surface area contributed by atoms with Gasteiger partial charge in [-0.3, -0.25) is 10.1 Å². The van der Waals surface area contributed by atoms with Crippen LogP contribution >= 0.6 is 11.8 Å². The molecule has 0 saturated heterocycles. The topological polar surface area (TPSA) is 83.1 Å². The lowest BCUT2D eigenvalue weighted by atomic mass is 10.1. The van der Waals surface area contributed by atoms with Gasteiger partial charge in [0.15, 0.2) is 10.9 Å². The van der Waals surface area contributed by atoms with Gasteiger partial charge in [0.1, 0.15) is 16.3 Å². The normalized spacial score (nSPS) is 10.7. The molecule has 0 atom stereocenters. The summed E-state index contributed by atoms with van der Waals surface area (Å²) in [6, 6.07) is 19.0. The van der Waals surface area contributed by atoms with Gasteiger partial charge in [-0.2, -0.15) is 0 Å². The molecule has 2 aromatic heterocycles. The second-order valence-electron chi connectivity index (χ2n) is 6.18. The highest BCUT2D eigenvalue weighted by atomic mass is 32.2. The largest absolute Gasteiger partial charge is 0.453 e. The van der Waals surface area contributed by atoms with Gasteiger partial charge < -0.3 is 9.30 Å². The van der Waals surface area contributed by atoms with Gasteiger partial charge in [-0.05, 0) is 23.9 Å². The van der Waals surface area contributed by atoms with Gasteiger partial charge in [-0.15, -0.1) is 0 Å². The number of nitrogens with zero attached hydrogens (tertiary/aromatic N) is 4. The minimum Gasteiger partial charge on any atom is -0.453 e. The average Bonchev–Trinajstić information content (AvgIpc) is 3.11. The SMILES string of the molecule is Cn1cc(Sc2ncc(Oc3ccccc3)c(-c3ccccc3)n2)c([N+](=O)[O-])c1. The van der Waals surface area contributed by atoms with Crippen LogP contribution in [0.2, 0.25) is 0 Å². The second kappa shape index (κ2) is 8.15. The number of hydrogen-bond acceptors (Lipinski definition) is 6. The third kappa shape index (κ3) is 4.27. The van der Waals surface area contributed by atoms with E-state index in [-0.39, 0.29) is 5.69 Å². The maximum Gasteiger partial charge on any atom is 0.300 e. The Kier molecular flexibility index (Phi) is 5.26. The van der Waals surface area contributed by atoms with Crippen LogP contribution in [0, 0.1) is 10.1 Å². The zero-order chi connectivity index (χ0) is 20.2. The monoisotopic (exact) mass is 404 g/mol. The van der Waals surface area contributed by atoms with Crippen molar-refractivity contribution in [2.24, 2.45) is 7.05 Å². The van der Waals surface area contributed by atoms with Crippen molar-refractivity contribution < 1.29 is 9.66 Å². The van der Waals surface area contributed by atoms with Crippen LogP contribution in [-0.2, 0) is 7.05 Å². The van der Waals surface area contributed by atoms with Crippen LogP contribution in [0.3, 0.4) is 0 Å². The molecule has 8 heteroatoms. The third-order valence-electron chi connectivity index (χ3n) is 4.05. The zero-order valence-electron chi connectivity index (χ0n) is 15.4. The number of rotatable bonds is 6. The third-order valence-corrected chi connectivity index (χ3v) is 4.96. The molecule has 0 aliphatic carbocycles. The van der Waals surface area contributed by atoms with Crippen molar-refractivity contribution in [1.29, 1.82) is 0 Å². The fourth-order valence-electron chi connectivity index (χ4n) is 2.76. The summed E-state index contributed by atoms with van der Waals surface area (Å²) in [5.74, 6) is 1.18. The molecule has 0 fully saturated rings. The molecule has 29 heavy (non-hydrogen) atoms. The molecule has 0 amide bonds. The second-order valence-corrected chi connectivity index (χ2v) is 7.19. The molecule has 144 valence electrons. The van der Waals surface area contributed by atoms with Crippen molar-refractivity contribution in [2.45, 2.75) is 10.1 Å². The van der Waals surface area contributed by atoms with Crippen LogP contribution < -0.4 is 4.74 Å². The summed E-state index contributed by atoms with van der Waals surface area (Å²) in [6.07, 6.45) is 4.75. The molecule has 0 bridgehead atoms. The fraction of sp³-hybridized carbons (Fsp3) is 0.0476. The first-order valence-electron chi connectivity index (χ1n) is 8.74. The van der Waals surface area contributed by atoms with E-state index in [9.17, 15) is 10.1 Å². The van der Waals surface area contributed by atoms with Gasteiger partial charge in [0.25, 0.3) is 0 Å². The number of ether oxygens (including phenoxy) is 1. The van der Waals surface area contributed by atoms with E-state index >= 15 is 0 Å². The van der Waals surface area contributed by atoms with E-state index in [1.807, 2.05) is 60.7 Å². The molecule has 0 spiro atoms. The van der Waals surface area contributed by atoms with E-state index in [2.05, 4.69) is 9.97 Å². The maximum atomic E-state index is 11.3. The molecule has 2 aromatic carbocycles. The number of benzene rings is 2. The van der Waals surface area contributed by atoms with Crippen molar-refractivity contribution in [2.75, 3.05) is 0 Å². The molecule has 2 heterocycles. The van der Waals surface area contributed by atoms with Crippen molar-refractivity contribution in [3.05, 3.63) is 89.4 Å². The Hall–Kier alpha value is -3.65. The maximum absolute atomic E-state index is 11.3. The van der Waals surface area contributed by atoms with Gasteiger partial charge in [0.05, 0.1) is 17.3 Å². The molecule has 0 aliphatic heterocycles. The van der Waals surface area contributed by atoms with E-state index in [1.54, 1.807) is 24.0 Å². The van der Waals surface area contributed by atoms with Gasteiger partial charge in [0.2, 0.25) is 0 Å². The summed E-state index contributed by atoms with van der Waals surface area (Å²) in [6.45, 7) is 0. The highest BCUT2D eigenvalue weighted by molar-refractivity contribution is 7.99. The molecule has 0 radical (unpaired) electrons. The summed E-state index contributed by atoms with van der Waals surface area (Å²) in [4.78, 5) is 20.4. The predicted molar refractivity (Wildman–Crippen MR) is 110 cm³/mol. The molecule has 4 aromatic rings. The van der Waals surface area contributed by atoms with Gasteiger partial charge in [-0.1, -0.05) is 48.5 Å². The van der Waals surface area contributed by atoms with Gasteiger partial charge in [-0.25, -0.2) is 9.97 Å². The first-order valence-corrected chi connectivity index (χ1v) is 9.55. The molecular weight excluding hydrogens is 388 g/mol. The summed E-state index contributed by atoms with van der Waals surface area (Å²) < 4.78 is 7.63. The van der Waals surface area contributed by atoms with Crippen LogP contribution in [0.25, 0.3) is 11.3 Å². The quantitative estimate of drug-likeness (QED) is 0.245. The van der Waals surface area contributed by atoms with Crippen LogP contribution in [0.15, 0.2) is 89.3 Å². The number of para-hydroxylation sites is 1. The van der Waals surface area contributed by atoms with Crippen LogP contribution in [0.1, 0.15) is 0 Å². The molecule has 0 unspecified atom stereocenters. The summed E-state index contributed by atoms with van der Waals surface area (Å²) in [7, 11) is 1.74. The highest BCUT2D eigenvalue weighted by Gasteiger charge is 2.20. The first kappa shape index (κ1) is 18.7. The summed E-state index contributed by atoms with van der Waals surface area (Å²) >= 11 is 1.15. The van der Waals surface area contributed by atoms with Crippen molar-refractivity contribution in [1.82, 2.24) is 14.5 Å². The van der Waals surface area contributed by atoms with Crippen LogP contribution in [-0.4, -0.2) is 19.5 Å². The number of aromatic nitrogens is 3. The Morgan fingerprint density at radius 1 is 1.03 bits per heavy atom. The lowest BCUT2D eigenvalue weighted by Gasteiger charge is -2.11. The lowest BCUT2D eigenvalue weighted by molar-refractivity contribution is -0.387. The van der Waals surface area contributed by atoms with Crippen molar-refractivity contribution >= 4 is 17.4 Å². The highest BCUT2D eigenvalue weighted by Crippen LogP contribution is 2.37. The number of aryl methyl sites for hydroxylation is 1. The Bertz CT molecular complexity index is 1150. The van der Waals surface area contributed by atoms with Crippen LogP contribution in [0.5, 0.6) is 11.5 Å². The molecule has 0 aliphatic rings. The minimum absolute atomic E-state index is 0.0203. The van der Waals surface area contributed by atoms with E-state index in [0.717, 1.165) is 17.3 Å². The van der Waals surface area contributed by atoms with Crippen LogP contribution in [0.4, 0.5) is 5.69 Å². The first-order chi connectivity index (χ1) is 14.1. The smallest absolute Gasteiger partial charge is 0.300 e. The van der Waals surface area contributed by atoms with Crippen molar-refractivity contribution in [3.8, 4) is 22.8 Å². The van der Waals surface area contributed by atoms with E-state index < -0.39 is 4.92 Å². The predicted octanol–water partition coefficient (Wildman–Crippen LogP) is 5.33. The average molecular weight is 404 g/mol. The zero-order valence-corrected chi connectivity index (χ0v) is 16.2. The fourth-order valence-corrected chi connectivity index (χ4v) is 3.65.